The number of piperidine rings is 1. The number of sulfonamides is 1. The third-order valence-corrected chi connectivity index (χ3v) is 6.43. The third-order valence-electron chi connectivity index (χ3n) is 4.24. The van der Waals surface area contributed by atoms with Crippen molar-refractivity contribution in [3.05, 3.63) is 28.8 Å². The first-order valence-electron chi connectivity index (χ1n) is 7.35. The molecule has 2 aliphatic rings. The molecule has 1 aromatic carbocycles. The number of nitrogens with zero attached hydrogens (tertiary/aromatic N) is 1. The Balaban J connectivity index is 1.88. The first-order chi connectivity index (χ1) is 11.5. The first kappa shape index (κ1) is 18.4. The second-order valence-corrected chi connectivity index (χ2v) is 8.22. The van der Waals surface area contributed by atoms with Crippen LogP contribution in [0.2, 0.25) is 5.02 Å². The number of benzene rings is 1. The van der Waals surface area contributed by atoms with Crippen molar-refractivity contribution in [3.8, 4) is 0 Å². The minimum absolute atomic E-state index is 0.0669. The van der Waals surface area contributed by atoms with Gasteiger partial charge in [0.25, 0.3) is 0 Å². The lowest BCUT2D eigenvalue weighted by atomic mass is 10.0. The summed E-state index contributed by atoms with van der Waals surface area (Å²) in [7, 11) is -4.37. The molecule has 25 heavy (non-hydrogen) atoms. The molecule has 0 aliphatic carbocycles. The summed E-state index contributed by atoms with van der Waals surface area (Å²) in [5.41, 5.74) is -2.23. The maximum absolute atomic E-state index is 13.2. The Morgan fingerprint density at radius 2 is 1.88 bits per heavy atom. The van der Waals surface area contributed by atoms with Crippen LogP contribution in [0.3, 0.4) is 0 Å². The molecule has 11 heteroatoms. The number of carbonyl (C=O) groups is 1. The number of hydrogen-bond acceptors (Lipinski definition) is 4. The van der Waals surface area contributed by atoms with Gasteiger partial charge in [0, 0.05) is 31.0 Å². The van der Waals surface area contributed by atoms with Crippen molar-refractivity contribution in [2.24, 2.45) is 0 Å². The van der Waals surface area contributed by atoms with Crippen molar-refractivity contribution in [2.75, 3.05) is 19.7 Å². The van der Waals surface area contributed by atoms with Gasteiger partial charge in [0.05, 0.1) is 10.5 Å². The average molecular weight is 399 g/mol. The van der Waals surface area contributed by atoms with Gasteiger partial charge in [0.2, 0.25) is 15.9 Å². The minimum atomic E-state index is -4.85. The van der Waals surface area contributed by atoms with Crippen molar-refractivity contribution in [3.63, 3.8) is 0 Å². The van der Waals surface area contributed by atoms with Crippen molar-refractivity contribution in [1.29, 1.82) is 0 Å². The highest BCUT2D eigenvalue weighted by atomic mass is 35.5. The number of amides is 1. The highest BCUT2D eigenvalue weighted by Crippen LogP contribution is 2.38. The standard InChI is InChI=1S/C14H14ClF3N2O4S/c15-9-1-2-11(10(7-9)14(16,17)18)25(22,23)20-5-3-13(4-6-20)19-12(21)8-24-13/h1-2,7H,3-6,8H2,(H,19,21). The molecule has 1 amide bonds. The van der Waals surface area contributed by atoms with Gasteiger partial charge in [-0.05, 0) is 18.2 Å². The topological polar surface area (TPSA) is 75.7 Å². The monoisotopic (exact) mass is 398 g/mol. The second kappa shape index (κ2) is 6.11. The fourth-order valence-electron chi connectivity index (χ4n) is 2.97. The maximum atomic E-state index is 13.2. The summed E-state index contributed by atoms with van der Waals surface area (Å²) in [5.74, 6) is -0.298. The Morgan fingerprint density at radius 1 is 1.24 bits per heavy atom. The Morgan fingerprint density at radius 3 is 2.40 bits per heavy atom. The number of halogens is 4. The number of hydrogen-bond donors (Lipinski definition) is 1. The van der Waals surface area contributed by atoms with Crippen LogP contribution in [0.25, 0.3) is 0 Å². The molecule has 0 atom stereocenters. The highest BCUT2D eigenvalue weighted by Gasteiger charge is 2.45. The molecule has 0 bridgehead atoms. The molecule has 1 spiro atoms. The van der Waals surface area contributed by atoms with E-state index in [1.54, 1.807) is 0 Å². The van der Waals surface area contributed by atoms with Crippen LogP contribution in [0.15, 0.2) is 23.1 Å². The van der Waals surface area contributed by atoms with Crippen LogP contribution in [0, 0.1) is 0 Å². The van der Waals surface area contributed by atoms with Gasteiger partial charge in [-0.25, -0.2) is 8.42 Å². The van der Waals surface area contributed by atoms with Crippen molar-refractivity contribution in [2.45, 2.75) is 29.6 Å². The first-order valence-corrected chi connectivity index (χ1v) is 9.17. The molecule has 2 aliphatic heterocycles. The van der Waals surface area contributed by atoms with Crippen LogP contribution < -0.4 is 5.32 Å². The average Bonchev–Trinajstić information content (AvgIpc) is 2.87. The summed E-state index contributed by atoms with van der Waals surface area (Å²) in [6, 6.07) is 2.56. The largest absolute Gasteiger partial charge is 0.417 e. The molecule has 1 N–H and O–H groups in total. The van der Waals surface area contributed by atoms with Gasteiger partial charge in [-0.1, -0.05) is 11.6 Å². The predicted octanol–water partition coefficient (Wildman–Crippen LogP) is 1.99. The van der Waals surface area contributed by atoms with E-state index in [1.807, 2.05) is 0 Å². The summed E-state index contributed by atoms with van der Waals surface area (Å²) >= 11 is 5.59. The summed E-state index contributed by atoms with van der Waals surface area (Å²) < 4.78 is 71.3. The highest BCUT2D eigenvalue weighted by molar-refractivity contribution is 7.89. The summed E-state index contributed by atoms with van der Waals surface area (Å²) in [6.07, 6.45) is -4.54. The number of alkyl halides is 3. The molecule has 2 saturated heterocycles. The maximum Gasteiger partial charge on any atom is 0.417 e. The fraction of sp³-hybridized carbons (Fsp3) is 0.500. The van der Waals surface area contributed by atoms with Crippen molar-refractivity contribution < 1.29 is 31.1 Å². The molecule has 0 saturated carbocycles. The smallest absolute Gasteiger partial charge is 0.346 e. The van der Waals surface area contributed by atoms with Gasteiger partial charge < -0.3 is 10.1 Å². The lowest BCUT2D eigenvalue weighted by Gasteiger charge is -2.37. The SMILES string of the molecule is O=C1COC2(CCN(S(=O)(=O)c3ccc(Cl)cc3C(F)(F)F)CC2)N1. The van der Waals surface area contributed by atoms with Crippen LogP contribution in [-0.2, 0) is 25.7 Å². The number of rotatable bonds is 2. The molecule has 6 nitrogen and oxygen atoms in total. The molecular weight excluding hydrogens is 385 g/mol. The van der Waals surface area contributed by atoms with Gasteiger partial charge in [-0.15, -0.1) is 0 Å². The Labute approximate surface area is 146 Å². The lowest BCUT2D eigenvalue weighted by Crippen LogP contribution is -2.53. The van der Waals surface area contributed by atoms with E-state index in [9.17, 15) is 26.4 Å². The van der Waals surface area contributed by atoms with E-state index in [0.717, 1.165) is 16.4 Å². The van der Waals surface area contributed by atoms with Crippen LogP contribution in [-0.4, -0.2) is 44.1 Å². The number of ether oxygens (including phenoxy) is 1. The van der Waals surface area contributed by atoms with E-state index < -0.39 is 32.4 Å². The normalized spacial score (nSPS) is 21.5. The van der Waals surface area contributed by atoms with Crippen LogP contribution in [0.1, 0.15) is 18.4 Å². The molecule has 2 heterocycles. The van der Waals surface area contributed by atoms with Crippen LogP contribution in [0.4, 0.5) is 13.2 Å². The number of carbonyl (C=O) groups excluding carboxylic acids is 1. The van der Waals surface area contributed by atoms with Crippen molar-refractivity contribution in [1.82, 2.24) is 9.62 Å². The summed E-state index contributed by atoms with van der Waals surface area (Å²) in [6.45, 7) is -0.243. The van der Waals surface area contributed by atoms with E-state index in [4.69, 9.17) is 16.3 Å². The van der Waals surface area contributed by atoms with Gasteiger partial charge in [-0.2, -0.15) is 17.5 Å². The third kappa shape index (κ3) is 3.48. The predicted molar refractivity (Wildman–Crippen MR) is 81.3 cm³/mol. The van der Waals surface area contributed by atoms with E-state index in [1.165, 1.54) is 0 Å². The summed E-state index contributed by atoms with van der Waals surface area (Å²) in [4.78, 5) is 10.5. The molecule has 0 radical (unpaired) electrons. The Kier molecular flexibility index (Phi) is 4.51. The second-order valence-electron chi connectivity index (χ2n) is 5.87. The van der Waals surface area contributed by atoms with Gasteiger partial charge in [-0.3, -0.25) is 4.79 Å². The Bertz CT molecular complexity index is 805. The van der Waals surface area contributed by atoms with E-state index >= 15 is 0 Å². The summed E-state index contributed by atoms with van der Waals surface area (Å²) in [5, 5.41) is 2.44. The molecule has 2 fully saturated rings. The lowest BCUT2D eigenvalue weighted by molar-refractivity contribution is -0.140. The molecule has 0 unspecified atom stereocenters. The van der Waals surface area contributed by atoms with Gasteiger partial charge in [0.1, 0.15) is 12.3 Å². The van der Waals surface area contributed by atoms with Gasteiger partial charge >= 0.3 is 6.18 Å². The molecule has 138 valence electrons. The Hall–Kier alpha value is -1.36. The molecule has 0 aromatic heterocycles. The van der Waals surface area contributed by atoms with Gasteiger partial charge in [0.15, 0.2) is 0 Å². The zero-order valence-electron chi connectivity index (χ0n) is 12.8. The van der Waals surface area contributed by atoms with E-state index in [2.05, 4.69) is 5.32 Å². The van der Waals surface area contributed by atoms with Crippen LogP contribution in [0.5, 0.6) is 0 Å². The fourth-order valence-corrected chi connectivity index (χ4v) is 4.78. The van der Waals surface area contributed by atoms with E-state index in [-0.39, 0.29) is 43.5 Å². The quantitative estimate of drug-likeness (QED) is 0.826. The van der Waals surface area contributed by atoms with Crippen molar-refractivity contribution >= 4 is 27.5 Å². The molecule has 3 rings (SSSR count). The van der Waals surface area contributed by atoms with Crippen LogP contribution >= 0.6 is 11.6 Å². The zero-order chi connectivity index (χ0) is 18.5. The van der Waals surface area contributed by atoms with E-state index in [0.29, 0.717) is 6.07 Å². The molecular formula is C14H14ClF3N2O4S. The minimum Gasteiger partial charge on any atom is -0.346 e. The molecule has 1 aromatic rings. The number of nitrogens with one attached hydrogen (secondary N) is 1. The zero-order valence-corrected chi connectivity index (χ0v) is 14.3.